The van der Waals surface area contributed by atoms with Crippen LogP contribution in [0.4, 0.5) is 0 Å². The van der Waals surface area contributed by atoms with Gasteiger partial charge in [-0.05, 0) is 26.7 Å². The van der Waals surface area contributed by atoms with Crippen molar-refractivity contribution in [2.24, 2.45) is 0 Å². The number of unbranched alkanes of at least 4 members (excludes halogenated alkanes) is 3. The molecule has 0 saturated heterocycles. The van der Waals surface area contributed by atoms with Crippen LogP contribution >= 0.6 is 0 Å². The minimum Gasteiger partial charge on any atom is -0.470 e. The normalized spacial score (nSPS) is 13.3. The van der Waals surface area contributed by atoms with E-state index in [0.717, 1.165) is 25.7 Å². The summed E-state index contributed by atoms with van der Waals surface area (Å²) in [6, 6.07) is 0. The zero-order chi connectivity index (χ0) is 17.0. The third kappa shape index (κ3) is 11.3. The maximum atomic E-state index is 11.4. The smallest absolute Gasteiger partial charge is 0.310 e. The van der Waals surface area contributed by atoms with E-state index in [1.165, 1.54) is 6.92 Å². The van der Waals surface area contributed by atoms with E-state index in [9.17, 15) is 4.79 Å². The van der Waals surface area contributed by atoms with Crippen LogP contribution in [0, 0.1) is 0 Å². The van der Waals surface area contributed by atoms with E-state index in [4.69, 9.17) is 24.4 Å². The van der Waals surface area contributed by atoms with Crippen LogP contribution in [0.2, 0.25) is 0 Å². The number of aliphatic hydroxyl groups is 2. The molecular weight excluding hydrogens is 288 g/mol. The van der Waals surface area contributed by atoms with Crippen molar-refractivity contribution in [3.8, 4) is 0 Å². The average molecular weight is 316 g/mol. The topological polar surface area (TPSA) is 85.2 Å². The highest BCUT2D eigenvalue weighted by Crippen LogP contribution is 2.08. The standard InChI is InChI=1S/C16H28O6/c1-12(17)14(3)21-11-20-10-8-6-5-7-9-16(19)22-15(4)13(2)18/h12-13,17-18H,3-11H2,1-2H3. The van der Waals surface area contributed by atoms with E-state index in [1.807, 2.05) is 0 Å². The molecule has 0 aliphatic heterocycles. The van der Waals surface area contributed by atoms with E-state index in [0.29, 0.717) is 13.0 Å². The molecule has 0 saturated carbocycles. The van der Waals surface area contributed by atoms with Crippen LogP contribution in [0.3, 0.4) is 0 Å². The van der Waals surface area contributed by atoms with Gasteiger partial charge in [0.2, 0.25) is 0 Å². The molecule has 0 aliphatic rings. The lowest BCUT2D eigenvalue weighted by Gasteiger charge is -2.11. The van der Waals surface area contributed by atoms with Crippen molar-refractivity contribution in [3.63, 3.8) is 0 Å². The highest BCUT2D eigenvalue weighted by Gasteiger charge is 2.09. The van der Waals surface area contributed by atoms with Crippen LogP contribution in [-0.4, -0.2) is 41.8 Å². The second kappa shape index (κ2) is 12.2. The molecule has 128 valence electrons. The molecule has 0 spiro atoms. The number of hydrogen-bond donors (Lipinski definition) is 2. The van der Waals surface area contributed by atoms with E-state index in [2.05, 4.69) is 13.2 Å². The Labute approximate surface area is 132 Å². The van der Waals surface area contributed by atoms with Crippen LogP contribution in [0.15, 0.2) is 24.7 Å². The summed E-state index contributed by atoms with van der Waals surface area (Å²) in [5.41, 5.74) is 0. The second-order valence-corrected chi connectivity index (χ2v) is 5.09. The van der Waals surface area contributed by atoms with E-state index < -0.39 is 12.2 Å². The monoisotopic (exact) mass is 316 g/mol. The summed E-state index contributed by atoms with van der Waals surface area (Å²) < 4.78 is 15.2. The summed E-state index contributed by atoms with van der Waals surface area (Å²) in [6.07, 6.45) is 2.18. The third-order valence-electron chi connectivity index (χ3n) is 2.92. The molecule has 0 amide bonds. The molecule has 2 unspecified atom stereocenters. The molecule has 2 atom stereocenters. The molecule has 6 heteroatoms. The molecule has 22 heavy (non-hydrogen) atoms. The average Bonchev–Trinajstić information content (AvgIpc) is 2.44. The maximum Gasteiger partial charge on any atom is 0.310 e. The minimum atomic E-state index is -0.840. The van der Waals surface area contributed by atoms with Gasteiger partial charge in [0, 0.05) is 6.42 Å². The van der Waals surface area contributed by atoms with Crippen LogP contribution < -0.4 is 0 Å². The van der Waals surface area contributed by atoms with Gasteiger partial charge in [-0.1, -0.05) is 26.0 Å². The fourth-order valence-electron chi connectivity index (χ4n) is 1.41. The molecule has 0 aromatic heterocycles. The molecular formula is C16H28O6. The first-order valence-corrected chi connectivity index (χ1v) is 7.49. The Morgan fingerprint density at radius 2 is 1.59 bits per heavy atom. The fraction of sp³-hybridized carbons (Fsp3) is 0.688. The van der Waals surface area contributed by atoms with Crippen LogP contribution in [-0.2, 0) is 19.0 Å². The van der Waals surface area contributed by atoms with Gasteiger partial charge in [-0.15, -0.1) is 0 Å². The van der Waals surface area contributed by atoms with Gasteiger partial charge in [-0.25, -0.2) is 0 Å². The summed E-state index contributed by atoms with van der Waals surface area (Å²) in [6.45, 7) is 10.7. The maximum absolute atomic E-state index is 11.4. The van der Waals surface area contributed by atoms with Gasteiger partial charge < -0.3 is 24.4 Å². The molecule has 6 nitrogen and oxygen atoms in total. The zero-order valence-electron chi connectivity index (χ0n) is 13.5. The van der Waals surface area contributed by atoms with Gasteiger partial charge in [0.15, 0.2) is 6.79 Å². The van der Waals surface area contributed by atoms with Crippen LogP contribution in [0.5, 0.6) is 0 Å². The van der Waals surface area contributed by atoms with Gasteiger partial charge in [-0.2, -0.15) is 0 Å². The quantitative estimate of drug-likeness (QED) is 0.235. The predicted octanol–water partition coefficient (Wildman–Crippen LogP) is 2.26. The first-order chi connectivity index (χ1) is 10.3. The lowest BCUT2D eigenvalue weighted by Crippen LogP contribution is -2.12. The van der Waals surface area contributed by atoms with Crippen molar-refractivity contribution in [2.75, 3.05) is 13.4 Å². The van der Waals surface area contributed by atoms with Crippen molar-refractivity contribution in [2.45, 2.75) is 58.2 Å². The summed E-state index contributed by atoms with van der Waals surface area (Å²) in [4.78, 5) is 11.4. The Kier molecular flexibility index (Phi) is 11.4. The number of ether oxygens (including phenoxy) is 3. The van der Waals surface area contributed by atoms with Gasteiger partial charge in [0.25, 0.3) is 0 Å². The molecule has 0 aliphatic carbocycles. The van der Waals surface area contributed by atoms with Crippen LogP contribution in [0.1, 0.15) is 46.0 Å². The van der Waals surface area contributed by atoms with Gasteiger partial charge in [-0.3, -0.25) is 4.79 Å². The second-order valence-electron chi connectivity index (χ2n) is 5.09. The number of aliphatic hydroxyl groups excluding tert-OH is 2. The molecule has 0 bridgehead atoms. The number of esters is 1. The Bertz CT molecular complexity index is 349. The highest BCUT2D eigenvalue weighted by molar-refractivity contribution is 5.70. The SMILES string of the molecule is C=C(OCOCCCCCCC(=O)OC(=C)C(C)O)C(C)O. The van der Waals surface area contributed by atoms with Gasteiger partial charge in [0.05, 0.1) is 6.61 Å². The Morgan fingerprint density at radius 3 is 2.18 bits per heavy atom. The number of carbonyl (C=O) groups is 1. The Morgan fingerprint density at radius 1 is 1.00 bits per heavy atom. The summed E-state index contributed by atoms with van der Waals surface area (Å²) in [7, 11) is 0. The minimum absolute atomic E-state index is 0.0807. The van der Waals surface area contributed by atoms with E-state index >= 15 is 0 Å². The van der Waals surface area contributed by atoms with Crippen molar-refractivity contribution in [3.05, 3.63) is 24.7 Å². The molecule has 0 heterocycles. The fourth-order valence-corrected chi connectivity index (χ4v) is 1.41. The molecule has 0 aromatic carbocycles. The first kappa shape index (κ1) is 20.6. The predicted molar refractivity (Wildman–Crippen MR) is 82.7 cm³/mol. The van der Waals surface area contributed by atoms with Gasteiger partial charge in [0.1, 0.15) is 23.7 Å². The van der Waals surface area contributed by atoms with Crippen molar-refractivity contribution in [1.82, 2.24) is 0 Å². The molecule has 2 N–H and O–H groups in total. The third-order valence-corrected chi connectivity index (χ3v) is 2.92. The first-order valence-electron chi connectivity index (χ1n) is 7.49. The van der Waals surface area contributed by atoms with Crippen molar-refractivity contribution >= 4 is 5.97 Å². The molecule has 0 radical (unpaired) electrons. The molecule has 0 aromatic rings. The molecule has 0 fully saturated rings. The van der Waals surface area contributed by atoms with E-state index in [1.54, 1.807) is 6.92 Å². The largest absolute Gasteiger partial charge is 0.470 e. The van der Waals surface area contributed by atoms with Crippen molar-refractivity contribution < 1.29 is 29.2 Å². The van der Waals surface area contributed by atoms with Gasteiger partial charge >= 0.3 is 5.97 Å². The highest BCUT2D eigenvalue weighted by atomic mass is 16.7. The summed E-state index contributed by atoms with van der Waals surface area (Å²) >= 11 is 0. The lowest BCUT2D eigenvalue weighted by molar-refractivity contribution is -0.141. The summed E-state index contributed by atoms with van der Waals surface area (Å²) in [5, 5.41) is 18.2. The molecule has 0 rings (SSSR count). The number of hydrogen-bond acceptors (Lipinski definition) is 6. The van der Waals surface area contributed by atoms with Crippen LogP contribution in [0.25, 0.3) is 0 Å². The number of carbonyl (C=O) groups excluding carboxylic acids is 1. The Balaban J connectivity index is 3.38. The van der Waals surface area contributed by atoms with Crippen molar-refractivity contribution in [1.29, 1.82) is 0 Å². The lowest BCUT2D eigenvalue weighted by atomic mass is 10.1. The number of rotatable bonds is 13. The van der Waals surface area contributed by atoms with E-state index in [-0.39, 0.29) is 24.3 Å². The zero-order valence-corrected chi connectivity index (χ0v) is 13.5. The Hall–Kier alpha value is -1.37. The summed E-state index contributed by atoms with van der Waals surface area (Å²) in [5.74, 6) is 0.00155.